The van der Waals surface area contributed by atoms with E-state index >= 15 is 0 Å². The second kappa shape index (κ2) is 5.62. The molecular weight excluding hydrogens is 312 g/mol. The number of hydrogen-bond acceptors (Lipinski definition) is 6. The van der Waals surface area contributed by atoms with E-state index in [-0.39, 0.29) is 5.91 Å². The topological polar surface area (TPSA) is 89.4 Å². The van der Waals surface area contributed by atoms with Crippen molar-refractivity contribution in [2.45, 2.75) is 19.3 Å². The monoisotopic (exact) mass is 328 g/mol. The zero-order valence-electron chi connectivity index (χ0n) is 12.5. The Morgan fingerprint density at radius 2 is 2.04 bits per heavy atom. The number of pyridine rings is 1. The molecule has 3 aromatic rings. The Balaban J connectivity index is 1.73. The zero-order valence-corrected chi connectivity index (χ0v) is 13.3. The number of nitrogen functional groups attached to an aromatic ring is 1. The number of anilines is 1. The number of fused-ring (bicyclic) bond motifs is 1. The van der Waals surface area contributed by atoms with Gasteiger partial charge in [0.05, 0.1) is 0 Å². The molecule has 1 saturated heterocycles. The Morgan fingerprint density at radius 3 is 2.78 bits per heavy atom. The number of carbonyl (C=O) groups excluding carboxylic acids is 1. The highest BCUT2D eigenvalue weighted by Crippen LogP contribution is 2.22. The number of rotatable bonds is 2. The molecule has 0 unspecified atom stereocenters. The van der Waals surface area contributed by atoms with E-state index in [1.807, 2.05) is 10.3 Å². The van der Waals surface area contributed by atoms with E-state index < -0.39 is 0 Å². The first-order valence-electron chi connectivity index (χ1n) is 7.58. The van der Waals surface area contributed by atoms with E-state index in [1.165, 1.54) is 17.8 Å². The second-order valence-electron chi connectivity index (χ2n) is 5.56. The maximum absolute atomic E-state index is 12.6. The quantitative estimate of drug-likeness (QED) is 0.778. The molecule has 0 bridgehead atoms. The van der Waals surface area contributed by atoms with Gasteiger partial charge in [0.2, 0.25) is 5.82 Å². The summed E-state index contributed by atoms with van der Waals surface area (Å²) in [6.07, 6.45) is 5.01. The summed E-state index contributed by atoms with van der Waals surface area (Å²) in [5.41, 5.74) is 7.19. The van der Waals surface area contributed by atoms with Crippen LogP contribution in [-0.4, -0.2) is 43.5 Å². The van der Waals surface area contributed by atoms with E-state index in [4.69, 9.17) is 5.73 Å². The van der Waals surface area contributed by atoms with Gasteiger partial charge >= 0.3 is 0 Å². The summed E-state index contributed by atoms with van der Waals surface area (Å²) in [7, 11) is 0. The highest BCUT2D eigenvalue weighted by Gasteiger charge is 2.20. The molecular formula is C15H16N6OS. The van der Waals surface area contributed by atoms with Crippen molar-refractivity contribution >= 4 is 28.7 Å². The van der Waals surface area contributed by atoms with Crippen molar-refractivity contribution in [3.05, 3.63) is 29.3 Å². The van der Waals surface area contributed by atoms with Gasteiger partial charge in [-0.2, -0.15) is 4.52 Å². The average molecular weight is 328 g/mol. The fourth-order valence-electron chi connectivity index (χ4n) is 2.84. The molecule has 0 aliphatic carbocycles. The van der Waals surface area contributed by atoms with Gasteiger partial charge in [-0.15, -0.1) is 16.4 Å². The van der Waals surface area contributed by atoms with Gasteiger partial charge in [0.15, 0.2) is 10.7 Å². The van der Waals surface area contributed by atoms with Gasteiger partial charge < -0.3 is 10.6 Å². The zero-order chi connectivity index (χ0) is 15.8. The normalized spacial score (nSPS) is 15.2. The molecule has 7 nitrogen and oxygen atoms in total. The lowest BCUT2D eigenvalue weighted by molar-refractivity contribution is 0.0724. The maximum Gasteiger partial charge on any atom is 0.254 e. The van der Waals surface area contributed by atoms with Crippen LogP contribution in [0.15, 0.2) is 23.7 Å². The largest absolute Gasteiger partial charge is 0.384 e. The third-order valence-electron chi connectivity index (χ3n) is 3.98. The Bertz CT molecular complexity index is 850. The van der Waals surface area contributed by atoms with Crippen LogP contribution in [0.3, 0.4) is 0 Å². The number of aromatic nitrogens is 4. The van der Waals surface area contributed by atoms with Crippen molar-refractivity contribution < 1.29 is 4.79 Å². The summed E-state index contributed by atoms with van der Waals surface area (Å²) in [5.74, 6) is 0.935. The predicted octanol–water partition coefficient (Wildman–Crippen LogP) is 2.06. The standard InChI is InChI=1S/C15H16N6OS/c16-11-8-10(15(22)20-5-2-1-3-6-20)9-12-18-13(19-21(11)12)14-17-4-7-23-14/h4,7-9H,1-3,5-6,16H2. The lowest BCUT2D eigenvalue weighted by atomic mass is 10.1. The van der Waals surface area contributed by atoms with E-state index in [0.29, 0.717) is 22.9 Å². The lowest BCUT2D eigenvalue weighted by Gasteiger charge is -2.26. The lowest BCUT2D eigenvalue weighted by Crippen LogP contribution is -2.35. The second-order valence-corrected chi connectivity index (χ2v) is 6.46. The fraction of sp³-hybridized carbons (Fsp3) is 0.333. The van der Waals surface area contributed by atoms with Gasteiger partial charge in [0.25, 0.3) is 5.91 Å². The van der Waals surface area contributed by atoms with E-state index in [1.54, 1.807) is 22.8 Å². The Hall–Kier alpha value is -2.48. The van der Waals surface area contributed by atoms with E-state index in [9.17, 15) is 4.79 Å². The van der Waals surface area contributed by atoms with Crippen LogP contribution in [0, 0.1) is 0 Å². The number of nitrogens with zero attached hydrogens (tertiary/aromatic N) is 5. The van der Waals surface area contributed by atoms with Crippen LogP contribution < -0.4 is 5.73 Å². The number of thiazole rings is 1. The summed E-state index contributed by atoms with van der Waals surface area (Å²) in [6, 6.07) is 3.42. The summed E-state index contributed by atoms with van der Waals surface area (Å²) in [5, 5.41) is 6.98. The first-order valence-corrected chi connectivity index (χ1v) is 8.46. The van der Waals surface area contributed by atoms with E-state index in [0.717, 1.165) is 30.9 Å². The molecule has 4 rings (SSSR count). The van der Waals surface area contributed by atoms with Gasteiger partial charge in [-0.3, -0.25) is 4.79 Å². The van der Waals surface area contributed by atoms with Crippen LogP contribution in [0.25, 0.3) is 16.5 Å². The van der Waals surface area contributed by atoms with Gasteiger partial charge in [0, 0.05) is 30.2 Å². The van der Waals surface area contributed by atoms with Crippen LogP contribution >= 0.6 is 11.3 Å². The van der Waals surface area contributed by atoms with Crippen LogP contribution in [-0.2, 0) is 0 Å². The first kappa shape index (κ1) is 14.1. The summed E-state index contributed by atoms with van der Waals surface area (Å²) in [6.45, 7) is 1.61. The van der Waals surface area contributed by atoms with Crippen molar-refractivity contribution in [2.75, 3.05) is 18.8 Å². The maximum atomic E-state index is 12.6. The number of hydrogen-bond donors (Lipinski definition) is 1. The molecule has 0 spiro atoms. The molecule has 4 heterocycles. The molecule has 2 N–H and O–H groups in total. The Kier molecular flexibility index (Phi) is 3.45. The third kappa shape index (κ3) is 2.55. The smallest absolute Gasteiger partial charge is 0.254 e. The van der Waals surface area contributed by atoms with Crippen molar-refractivity contribution in [1.29, 1.82) is 0 Å². The van der Waals surface area contributed by atoms with Gasteiger partial charge in [-0.25, -0.2) is 9.97 Å². The predicted molar refractivity (Wildman–Crippen MR) is 88.3 cm³/mol. The van der Waals surface area contributed by atoms with Crippen LogP contribution in [0.1, 0.15) is 29.6 Å². The van der Waals surface area contributed by atoms with Crippen molar-refractivity contribution in [3.8, 4) is 10.8 Å². The van der Waals surface area contributed by atoms with E-state index in [2.05, 4.69) is 15.1 Å². The Labute approximate surface area is 136 Å². The summed E-state index contributed by atoms with van der Waals surface area (Å²) < 4.78 is 1.55. The molecule has 0 atom stereocenters. The molecule has 8 heteroatoms. The molecule has 1 aliphatic heterocycles. The van der Waals surface area contributed by atoms with Crippen molar-refractivity contribution in [3.63, 3.8) is 0 Å². The van der Waals surface area contributed by atoms with Gasteiger partial charge in [-0.1, -0.05) is 0 Å². The van der Waals surface area contributed by atoms with Gasteiger partial charge in [0.1, 0.15) is 5.82 Å². The van der Waals surface area contributed by atoms with Crippen molar-refractivity contribution in [1.82, 2.24) is 24.5 Å². The number of piperidine rings is 1. The highest BCUT2D eigenvalue weighted by molar-refractivity contribution is 7.13. The van der Waals surface area contributed by atoms with Crippen LogP contribution in [0.5, 0.6) is 0 Å². The third-order valence-corrected chi connectivity index (χ3v) is 4.75. The number of amides is 1. The molecule has 1 aliphatic rings. The fourth-order valence-corrected chi connectivity index (χ4v) is 3.40. The molecule has 118 valence electrons. The molecule has 0 saturated carbocycles. The molecule has 1 amide bonds. The van der Waals surface area contributed by atoms with Crippen LogP contribution in [0.2, 0.25) is 0 Å². The number of nitrogens with two attached hydrogens (primary N) is 1. The SMILES string of the molecule is Nc1cc(C(=O)N2CCCCC2)cc2nc(-c3nccs3)nn12. The first-order chi connectivity index (χ1) is 11.2. The molecule has 0 radical (unpaired) electrons. The minimum absolute atomic E-state index is 0.0118. The summed E-state index contributed by atoms with van der Waals surface area (Å²) >= 11 is 1.46. The van der Waals surface area contributed by atoms with Crippen molar-refractivity contribution in [2.24, 2.45) is 0 Å². The molecule has 3 aromatic heterocycles. The minimum Gasteiger partial charge on any atom is -0.384 e. The molecule has 1 fully saturated rings. The minimum atomic E-state index is 0.0118. The number of carbonyl (C=O) groups is 1. The van der Waals surface area contributed by atoms with Gasteiger partial charge in [-0.05, 0) is 31.4 Å². The number of likely N-dealkylation sites (tertiary alicyclic amines) is 1. The molecule has 0 aromatic carbocycles. The molecule has 23 heavy (non-hydrogen) atoms. The van der Waals surface area contributed by atoms with Crippen LogP contribution in [0.4, 0.5) is 5.82 Å². The summed E-state index contributed by atoms with van der Waals surface area (Å²) in [4.78, 5) is 23.2. The average Bonchev–Trinajstić information content (AvgIpc) is 3.24. The Morgan fingerprint density at radius 1 is 1.22 bits per heavy atom. The highest BCUT2D eigenvalue weighted by atomic mass is 32.1.